The Morgan fingerprint density at radius 2 is 1.79 bits per heavy atom. The number of benzene rings is 2. The van der Waals surface area contributed by atoms with Crippen LogP contribution in [-0.4, -0.2) is 17.3 Å². The minimum Gasteiger partial charge on any atom is -0.478 e. The van der Waals surface area contributed by atoms with Crippen LogP contribution in [0.1, 0.15) is 15.9 Å². The first-order chi connectivity index (χ1) is 9.08. The van der Waals surface area contributed by atoms with Crippen LogP contribution in [-0.2, 0) is 0 Å². The third-order valence-electron chi connectivity index (χ3n) is 2.42. The van der Waals surface area contributed by atoms with Gasteiger partial charge in [-0.25, -0.2) is 4.79 Å². The summed E-state index contributed by atoms with van der Waals surface area (Å²) in [5.74, 6) is -1.11. The second-order valence-corrected chi connectivity index (χ2v) is 4.57. The highest BCUT2D eigenvalue weighted by Crippen LogP contribution is 2.31. The summed E-state index contributed by atoms with van der Waals surface area (Å²) in [6, 6.07) is 12.2. The normalized spacial score (nSPS) is 10.8. The third-order valence-corrected chi connectivity index (χ3v) is 3.03. The van der Waals surface area contributed by atoms with Crippen LogP contribution in [0.4, 0.5) is 5.69 Å². The van der Waals surface area contributed by atoms with Gasteiger partial charge in [0.05, 0.1) is 21.3 Å². The number of aromatic carboxylic acids is 1. The zero-order chi connectivity index (χ0) is 13.8. The van der Waals surface area contributed by atoms with Crippen LogP contribution in [0.3, 0.4) is 0 Å². The van der Waals surface area contributed by atoms with E-state index >= 15 is 0 Å². The molecule has 0 heterocycles. The number of hydrogen-bond donors (Lipinski definition) is 1. The summed E-state index contributed by atoms with van der Waals surface area (Å²) < 4.78 is 0. The molecule has 0 saturated carbocycles. The van der Waals surface area contributed by atoms with Crippen molar-refractivity contribution in [3.05, 3.63) is 63.6 Å². The largest absolute Gasteiger partial charge is 0.478 e. The first kappa shape index (κ1) is 13.6. The molecule has 0 radical (unpaired) electrons. The summed E-state index contributed by atoms with van der Waals surface area (Å²) in [5, 5.41) is 9.39. The van der Waals surface area contributed by atoms with Crippen LogP contribution in [0.5, 0.6) is 0 Å². The number of nitrogens with zero attached hydrogens (tertiary/aromatic N) is 1. The van der Waals surface area contributed by atoms with Gasteiger partial charge in [0.1, 0.15) is 0 Å². The molecule has 0 bridgehead atoms. The van der Waals surface area contributed by atoms with E-state index in [2.05, 4.69) is 4.99 Å². The van der Waals surface area contributed by atoms with Gasteiger partial charge in [-0.05, 0) is 17.7 Å². The maximum Gasteiger partial charge on any atom is 0.337 e. The van der Waals surface area contributed by atoms with Gasteiger partial charge in [-0.1, -0.05) is 53.5 Å². The summed E-state index contributed by atoms with van der Waals surface area (Å²) in [6.45, 7) is 0. The zero-order valence-electron chi connectivity index (χ0n) is 9.68. The average molecular weight is 294 g/mol. The molecule has 0 amide bonds. The predicted molar refractivity (Wildman–Crippen MR) is 77.1 cm³/mol. The number of rotatable bonds is 3. The highest BCUT2D eigenvalue weighted by atomic mass is 35.5. The van der Waals surface area contributed by atoms with Crippen molar-refractivity contribution >= 4 is 41.1 Å². The van der Waals surface area contributed by atoms with Gasteiger partial charge in [0.25, 0.3) is 0 Å². The van der Waals surface area contributed by atoms with Crippen molar-refractivity contribution in [3.8, 4) is 0 Å². The van der Waals surface area contributed by atoms with Crippen molar-refractivity contribution in [2.24, 2.45) is 4.99 Å². The third kappa shape index (κ3) is 3.34. The Morgan fingerprint density at radius 3 is 2.42 bits per heavy atom. The number of aliphatic imine (C=N–C) groups is 1. The van der Waals surface area contributed by atoms with Crippen molar-refractivity contribution in [2.45, 2.75) is 0 Å². The van der Waals surface area contributed by atoms with E-state index in [1.54, 1.807) is 6.21 Å². The Balaban J connectivity index is 2.38. The van der Waals surface area contributed by atoms with Crippen molar-refractivity contribution in [2.75, 3.05) is 0 Å². The molecule has 0 aliphatic rings. The quantitative estimate of drug-likeness (QED) is 0.851. The van der Waals surface area contributed by atoms with E-state index in [0.29, 0.717) is 10.7 Å². The lowest BCUT2D eigenvalue weighted by Gasteiger charge is -2.03. The molecule has 0 unspecified atom stereocenters. The van der Waals surface area contributed by atoms with Crippen LogP contribution in [0, 0.1) is 0 Å². The minimum absolute atomic E-state index is 0.0220. The van der Waals surface area contributed by atoms with Gasteiger partial charge in [0, 0.05) is 6.21 Å². The second kappa shape index (κ2) is 5.87. The van der Waals surface area contributed by atoms with Crippen molar-refractivity contribution < 1.29 is 9.90 Å². The minimum atomic E-state index is -1.11. The van der Waals surface area contributed by atoms with Crippen LogP contribution in [0.25, 0.3) is 0 Å². The Morgan fingerprint density at radius 1 is 1.11 bits per heavy atom. The number of hydrogen-bond acceptors (Lipinski definition) is 2. The molecule has 1 N–H and O–H groups in total. The molecule has 3 nitrogen and oxygen atoms in total. The van der Waals surface area contributed by atoms with E-state index in [1.165, 1.54) is 12.1 Å². The lowest BCUT2D eigenvalue weighted by molar-refractivity contribution is 0.0697. The highest BCUT2D eigenvalue weighted by Gasteiger charge is 2.12. The fourth-order valence-electron chi connectivity index (χ4n) is 1.48. The lowest BCUT2D eigenvalue weighted by Crippen LogP contribution is -1.97. The highest BCUT2D eigenvalue weighted by molar-refractivity contribution is 6.38. The van der Waals surface area contributed by atoms with Gasteiger partial charge in [0.15, 0.2) is 0 Å². The first-order valence-corrected chi connectivity index (χ1v) is 6.15. The molecule has 2 rings (SSSR count). The van der Waals surface area contributed by atoms with E-state index in [0.717, 1.165) is 5.56 Å². The van der Waals surface area contributed by atoms with Gasteiger partial charge < -0.3 is 5.11 Å². The molecule has 2 aromatic rings. The number of carbonyl (C=O) groups is 1. The SMILES string of the molecule is O=C(O)c1cc(N=Cc2ccccc2)c(Cl)cc1Cl. The molecule has 0 aromatic heterocycles. The van der Waals surface area contributed by atoms with E-state index < -0.39 is 5.97 Å². The molecule has 5 heteroatoms. The number of carboxylic acid groups (broad SMARTS) is 1. The molecule has 0 atom stereocenters. The summed E-state index contributed by atoms with van der Waals surface area (Å²) in [6.07, 6.45) is 1.61. The van der Waals surface area contributed by atoms with Crippen LogP contribution >= 0.6 is 23.2 Å². The summed E-state index contributed by atoms with van der Waals surface area (Å²) >= 11 is 11.8. The van der Waals surface area contributed by atoms with Gasteiger partial charge in [-0.15, -0.1) is 0 Å². The van der Waals surface area contributed by atoms with E-state index in [9.17, 15) is 4.79 Å². The topological polar surface area (TPSA) is 49.7 Å². The first-order valence-electron chi connectivity index (χ1n) is 5.39. The fraction of sp³-hybridized carbons (Fsp3) is 0. The molecular weight excluding hydrogens is 285 g/mol. The molecule has 96 valence electrons. The van der Waals surface area contributed by atoms with Crippen molar-refractivity contribution in [3.63, 3.8) is 0 Å². The molecular formula is C14H9Cl2NO2. The van der Waals surface area contributed by atoms with Crippen molar-refractivity contribution in [1.29, 1.82) is 0 Å². The Labute approximate surface area is 120 Å². The monoisotopic (exact) mass is 293 g/mol. The summed E-state index contributed by atoms with van der Waals surface area (Å²) in [4.78, 5) is 15.2. The second-order valence-electron chi connectivity index (χ2n) is 3.76. The smallest absolute Gasteiger partial charge is 0.337 e. The Hall–Kier alpha value is -1.84. The average Bonchev–Trinajstić information content (AvgIpc) is 2.38. The molecule has 19 heavy (non-hydrogen) atoms. The fourth-order valence-corrected chi connectivity index (χ4v) is 2.00. The summed E-state index contributed by atoms with van der Waals surface area (Å²) in [5.41, 5.74) is 1.24. The van der Waals surface area contributed by atoms with Crippen LogP contribution in [0.2, 0.25) is 10.0 Å². The molecule has 0 fully saturated rings. The summed E-state index contributed by atoms with van der Waals surface area (Å²) in [7, 11) is 0. The molecule has 0 aliphatic carbocycles. The van der Waals surface area contributed by atoms with E-state index in [-0.39, 0.29) is 10.6 Å². The van der Waals surface area contributed by atoms with Gasteiger partial charge in [-0.3, -0.25) is 4.99 Å². The molecule has 2 aromatic carbocycles. The Kier molecular flexibility index (Phi) is 4.20. The van der Waals surface area contributed by atoms with Gasteiger partial charge in [0.2, 0.25) is 0 Å². The van der Waals surface area contributed by atoms with Crippen LogP contribution in [0.15, 0.2) is 47.5 Å². The molecule has 0 spiro atoms. The van der Waals surface area contributed by atoms with E-state index in [4.69, 9.17) is 28.3 Å². The Bertz CT molecular complexity index is 639. The number of carboxylic acids is 1. The van der Waals surface area contributed by atoms with E-state index in [1.807, 2.05) is 30.3 Å². The van der Waals surface area contributed by atoms with Gasteiger partial charge in [-0.2, -0.15) is 0 Å². The van der Waals surface area contributed by atoms with Crippen molar-refractivity contribution in [1.82, 2.24) is 0 Å². The standard InChI is InChI=1S/C14H9Cl2NO2/c15-11-7-12(16)13(6-10(11)14(18)19)17-8-9-4-2-1-3-5-9/h1-8H,(H,18,19). The molecule has 0 aliphatic heterocycles. The predicted octanol–water partition coefficient (Wildman–Crippen LogP) is 4.44. The lowest BCUT2D eigenvalue weighted by atomic mass is 10.2. The maximum atomic E-state index is 11.0. The zero-order valence-corrected chi connectivity index (χ0v) is 11.2. The van der Waals surface area contributed by atoms with Gasteiger partial charge >= 0.3 is 5.97 Å². The van der Waals surface area contributed by atoms with Crippen LogP contribution < -0.4 is 0 Å². The molecule has 0 saturated heterocycles. The number of halogens is 2. The maximum absolute atomic E-state index is 11.0.